The van der Waals surface area contributed by atoms with Gasteiger partial charge in [-0.3, -0.25) is 4.40 Å². The van der Waals surface area contributed by atoms with Crippen molar-refractivity contribution in [2.24, 2.45) is 0 Å². The first-order chi connectivity index (χ1) is 9.24. The second-order valence-corrected chi connectivity index (χ2v) is 5.53. The first kappa shape index (κ1) is 12.2. The lowest BCUT2D eigenvalue weighted by atomic mass is 10.2. The van der Waals surface area contributed by atoms with Gasteiger partial charge in [0.2, 0.25) is 0 Å². The molecule has 0 amide bonds. The van der Waals surface area contributed by atoms with Crippen molar-refractivity contribution in [1.82, 2.24) is 14.6 Å². The molecule has 5 heteroatoms. The van der Waals surface area contributed by atoms with E-state index in [1.54, 1.807) is 23.9 Å². The van der Waals surface area contributed by atoms with E-state index in [1.165, 1.54) is 12.1 Å². The van der Waals surface area contributed by atoms with E-state index in [1.807, 2.05) is 28.8 Å². The van der Waals surface area contributed by atoms with Crippen LogP contribution in [0.3, 0.4) is 0 Å². The van der Waals surface area contributed by atoms with Crippen molar-refractivity contribution < 1.29 is 4.39 Å². The average Bonchev–Trinajstić information content (AvgIpc) is 2.83. The molecule has 1 unspecified atom stereocenters. The van der Waals surface area contributed by atoms with Gasteiger partial charge < -0.3 is 0 Å². The summed E-state index contributed by atoms with van der Waals surface area (Å²) in [5.74, 6) is -0.214. The summed E-state index contributed by atoms with van der Waals surface area (Å²) in [7, 11) is 0. The number of benzene rings is 1. The van der Waals surface area contributed by atoms with E-state index in [2.05, 4.69) is 17.1 Å². The lowest BCUT2D eigenvalue weighted by Gasteiger charge is -2.09. The number of thioether (sulfide) groups is 1. The summed E-state index contributed by atoms with van der Waals surface area (Å²) >= 11 is 1.61. The average molecular weight is 273 g/mol. The van der Waals surface area contributed by atoms with Crippen molar-refractivity contribution in [3.8, 4) is 0 Å². The van der Waals surface area contributed by atoms with Gasteiger partial charge in [0.25, 0.3) is 0 Å². The minimum Gasteiger partial charge on any atom is -0.277 e. The lowest BCUT2D eigenvalue weighted by molar-refractivity contribution is 0.627. The summed E-state index contributed by atoms with van der Waals surface area (Å²) in [4.78, 5) is 0. The Morgan fingerprint density at radius 3 is 2.68 bits per heavy atom. The third-order valence-corrected chi connectivity index (χ3v) is 4.02. The Hall–Kier alpha value is -1.88. The van der Waals surface area contributed by atoms with Crippen LogP contribution in [0.5, 0.6) is 0 Å². The standard InChI is InChI=1S/C14H12FN3S/c1-10(11-5-7-12(15)8-6-11)19-14-17-16-13-4-2-3-9-18(13)14/h2-10H,1H3. The highest BCUT2D eigenvalue weighted by molar-refractivity contribution is 7.99. The fraction of sp³-hybridized carbons (Fsp3) is 0.143. The van der Waals surface area contributed by atoms with Gasteiger partial charge in [0.05, 0.1) is 0 Å². The number of fused-ring (bicyclic) bond motifs is 1. The molecule has 0 radical (unpaired) electrons. The van der Waals surface area contributed by atoms with Crippen LogP contribution in [0.4, 0.5) is 4.39 Å². The van der Waals surface area contributed by atoms with E-state index in [0.717, 1.165) is 16.4 Å². The zero-order chi connectivity index (χ0) is 13.2. The molecule has 96 valence electrons. The molecule has 0 saturated carbocycles. The summed E-state index contributed by atoms with van der Waals surface area (Å²) in [6.45, 7) is 2.07. The molecule has 0 aliphatic heterocycles. The number of rotatable bonds is 3. The Labute approximate surface area is 114 Å². The Balaban J connectivity index is 1.86. The Bertz CT molecular complexity index is 693. The first-order valence-corrected chi connectivity index (χ1v) is 6.84. The van der Waals surface area contributed by atoms with E-state index in [-0.39, 0.29) is 11.1 Å². The van der Waals surface area contributed by atoms with Crippen molar-refractivity contribution in [2.75, 3.05) is 0 Å². The molecule has 3 rings (SSSR count). The van der Waals surface area contributed by atoms with Crippen molar-refractivity contribution in [3.63, 3.8) is 0 Å². The highest BCUT2D eigenvalue weighted by atomic mass is 32.2. The zero-order valence-corrected chi connectivity index (χ0v) is 11.1. The van der Waals surface area contributed by atoms with Gasteiger partial charge in [0, 0.05) is 11.4 Å². The fourth-order valence-corrected chi connectivity index (χ4v) is 2.83. The van der Waals surface area contributed by atoms with Crippen LogP contribution >= 0.6 is 11.8 Å². The van der Waals surface area contributed by atoms with Crippen LogP contribution in [0.25, 0.3) is 5.65 Å². The maximum absolute atomic E-state index is 12.9. The van der Waals surface area contributed by atoms with Gasteiger partial charge in [-0.05, 0) is 36.8 Å². The van der Waals surface area contributed by atoms with E-state index < -0.39 is 0 Å². The number of halogens is 1. The monoisotopic (exact) mass is 273 g/mol. The number of pyridine rings is 1. The summed E-state index contributed by atoms with van der Waals surface area (Å²) in [6, 6.07) is 12.4. The van der Waals surface area contributed by atoms with Crippen molar-refractivity contribution in [3.05, 3.63) is 60.0 Å². The largest absolute Gasteiger partial charge is 0.277 e. The summed E-state index contributed by atoms with van der Waals surface area (Å²) in [5, 5.41) is 9.32. The highest BCUT2D eigenvalue weighted by Crippen LogP contribution is 2.33. The predicted molar refractivity (Wildman–Crippen MR) is 73.7 cm³/mol. The SMILES string of the molecule is CC(Sc1nnc2ccccn12)c1ccc(F)cc1. The van der Waals surface area contributed by atoms with E-state index in [4.69, 9.17) is 0 Å². The molecular formula is C14H12FN3S. The molecule has 2 aromatic heterocycles. The van der Waals surface area contributed by atoms with Gasteiger partial charge in [-0.2, -0.15) is 0 Å². The van der Waals surface area contributed by atoms with Crippen LogP contribution in [0.15, 0.2) is 53.8 Å². The minimum atomic E-state index is -0.214. The Kier molecular flexibility index (Phi) is 3.21. The van der Waals surface area contributed by atoms with Crippen molar-refractivity contribution in [1.29, 1.82) is 0 Å². The number of hydrogen-bond acceptors (Lipinski definition) is 3. The van der Waals surface area contributed by atoms with Crippen LogP contribution in [0.1, 0.15) is 17.7 Å². The summed E-state index contributed by atoms with van der Waals surface area (Å²) < 4.78 is 14.9. The van der Waals surface area contributed by atoms with Crippen LogP contribution in [-0.2, 0) is 0 Å². The van der Waals surface area contributed by atoms with Gasteiger partial charge in [-0.25, -0.2) is 4.39 Å². The zero-order valence-electron chi connectivity index (χ0n) is 10.3. The molecule has 2 heterocycles. The molecule has 3 aromatic rings. The minimum absolute atomic E-state index is 0.188. The molecule has 1 atom stereocenters. The number of aromatic nitrogens is 3. The Morgan fingerprint density at radius 2 is 1.89 bits per heavy atom. The summed E-state index contributed by atoms with van der Waals surface area (Å²) in [6.07, 6.45) is 1.94. The maximum Gasteiger partial charge on any atom is 0.196 e. The van der Waals surface area contributed by atoms with E-state index in [0.29, 0.717) is 0 Å². The molecule has 0 fully saturated rings. The molecule has 0 bridgehead atoms. The van der Waals surface area contributed by atoms with Crippen LogP contribution in [0, 0.1) is 5.82 Å². The molecule has 0 N–H and O–H groups in total. The van der Waals surface area contributed by atoms with E-state index in [9.17, 15) is 4.39 Å². The number of nitrogens with zero attached hydrogens (tertiary/aromatic N) is 3. The quantitative estimate of drug-likeness (QED) is 0.681. The van der Waals surface area contributed by atoms with Crippen molar-refractivity contribution in [2.45, 2.75) is 17.3 Å². The molecule has 0 saturated heterocycles. The van der Waals surface area contributed by atoms with E-state index >= 15 is 0 Å². The molecule has 0 aliphatic carbocycles. The second-order valence-electron chi connectivity index (χ2n) is 4.22. The highest BCUT2D eigenvalue weighted by Gasteiger charge is 2.12. The molecular weight excluding hydrogens is 261 g/mol. The normalized spacial score (nSPS) is 12.7. The molecule has 3 nitrogen and oxygen atoms in total. The van der Waals surface area contributed by atoms with Gasteiger partial charge in [0.1, 0.15) is 5.82 Å². The topological polar surface area (TPSA) is 30.2 Å². The smallest absolute Gasteiger partial charge is 0.196 e. The Morgan fingerprint density at radius 1 is 1.11 bits per heavy atom. The molecule has 19 heavy (non-hydrogen) atoms. The molecule has 0 aliphatic rings. The molecule has 1 aromatic carbocycles. The fourth-order valence-electron chi connectivity index (χ4n) is 1.86. The van der Waals surface area contributed by atoms with Gasteiger partial charge in [-0.1, -0.05) is 30.0 Å². The van der Waals surface area contributed by atoms with Gasteiger partial charge >= 0.3 is 0 Å². The predicted octanol–water partition coefficient (Wildman–Crippen LogP) is 3.72. The third-order valence-electron chi connectivity index (χ3n) is 2.90. The first-order valence-electron chi connectivity index (χ1n) is 5.96. The van der Waals surface area contributed by atoms with Gasteiger partial charge in [0.15, 0.2) is 10.8 Å². The van der Waals surface area contributed by atoms with Crippen molar-refractivity contribution >= 4 is 17.4 Å². The van der Waals surface area contributed by atoms with Gasteiger partial charge in [-0.15, -0.1) is 10.2 Å². The van der Waals surface area contributed by atoms with Crippen LogP contribution in [0.2, 0.25) is 0 Å². The number of hydrogen-bond donors (Lipinski definition) is 0. The second kappa shape index (κ2) is 5.01. The maximum atomic E-state index is 12.9. The lowest BCUT2D eigenvalue weighted by Crippen LogP contribution is -1.92. The molecule has 0 spiro atoms. The summed E-state index contributed by atoms with van der Waals surface area (Å²) in [5.41, 5.74) is 1.90. The third kappa shape index (κ3) is 2.46. The van der Waals surface area contributed by atoms with Crippen LogP contribution < -0.4 is 0 Å². The van der Waals surface area contributed by atoms with Crippen LogP contribution in [-0.4, -0.2) is 14.6 Å².